The lowest BCUT2D eigenvalue weighted by Crippen LogP contribution is -2.49. The second-order valence-corrected chi connectivity index (χ2v) is 7.36. The molecule has 3 rings (SSSR count). The lowest BCUT2D eigenvalue weighted by atomic mass is 9.98. The number of amides is 1. The molecule has 1 aromatic heterocycles. The Bertz CT molecular complexity index is 719. The van der Waals surface area contributed by atoms with Crippen LogP contribution in [0, 0.1) is 17.2 Å². The molecule has 1 aliphatic carbocycles. The van der Waals surface area contributed by atoms with Crippen molar-refractivity contribution in [3.63, 3.8) is 0 Å². The molecule has 24 heavy (non-hydrogen) atoms. The fourth-order valence-corrected chi connectivity index (χ4v) is 3.72. The predicted molar refractivity (Wildman–Crippen MR) is 95.5 cm³/mol. The van der Waals surface area contributed by atoms with Gasteiger partial charge in [0.25, 0.3) is 0 Å². The average molecular weight is 339 g/mol. The van der Waals surface area contributed by atoms with Crippen LogP contribution in [0.3, 0.4) is 0 Å². The Labute approximate surface area is 146 Å². The van der Waals surface area contributed by atoms with Gasteiger partial charge < -0.3 is 5.32 Å². The number of nitrogens with one attached hydrogen (secondary N) is 2. The van der Waals surface area contributed by atoms with E-state index in [1.807, 2.05) is 36.6 Å². The van der Waals surface area contributed by atoms with Crippen molar-refractivity contribution >= 4 is 17.2 Å². The van der Waals surface area contributed by atoms with E-state index in [1.54, 1.807) is 11.3 Å². The summed E-state index contributed by atoms with van der Waals surface area (Å²) in [6.45, 7) is 2.00. The first-order chi connectivity index (χ1) is 11.6. The van der Waals surface area contributed by atoms with Crippen LogP contribution in [-0.2, 0) is 4.79 Å². The van der Waals surface area contributed by atoms with Gasteiger partial charge in [-0.3, -0.25) is 10.1 Å². The number of thiophene rings is 1. The van der Waals surface area contributed by atoms with Crippen molar-refractivity contribution in [2.45, 2.75) is 31.3 Å². The van der Waals surface area contributed by atoms with E-state index in [-0.39, 0.29) is 24.4 Å². The smallest absolute Gasteiger partial charge is 0.235 e. The minimum atomic E-state index is -0.746. The normalized spacial score (nSPS) is 17.5. The number of hydrogen-bond donors (Lipinski definition) is 2. The van der Waals surface area contributed by atoms with Crippen molar-refractivity contribution in [3.05, 3.63) is 58.3 Å². The first-order valence-electron chi connectivity index (χ1n) is 8.16. The van der Waals surface area contributed by atoms with Crippen molar-refractivity contribution < 1.29 is 4.79 Å². The fraction of sp³-hybridized carbons (Fsp3) is 0.368. The summed E-state index contributed by atoms with van der Waals surface area (Å²) in [4.78, 5) is 13.5. The maximum Gasteiger partial charge on any atom is 0.235 e. The van der Waals surface area contributed by atoms with Gasteiger partial charge in [-0.1, -0.05) is 36.4 Å². The zero-order chi connectivity index (χ0) is 17.0. The summed E-state index contributed by atoms with van der Waals surface area (Å²) >= 11 is 1.66. The SMILES string of the molecule is C[C@](C#N)(NC(=O)CN[C@@H](c1ccccc1)c1cccs1)C1CC1. The standard InChI is InChI=1S/C19H21N3OS/c1-19(13-20,15-9-10-15)22-17(23)12-21-18(16-8-5-11-24-16)14-6-3-2-4-7-14/h2-8,11,15,18,21H,9-10,12H2,1H3,(H,22,23)/t18-,19+/m0/s1. The highest BCUT2D eigenvalue weighted by molar-refractivity contribution is 7.10. The van der Waals surface area contributed by atoms with Crippen LogP contribution in [0.15, 0.2) is 47.8 Å². The molecule has 1 aliphatic rings. The summed E-state index contributed by atoms with van der Waals surface area (Å²) in [6.07, 6.45) is 2.03. The van der Waals surface area contributed by atoms with E-state index in [2.05, 4.69) is 34.9 Å². The van der Waals surface area contributed by atoms with Gasteiger partial charge in [0.1, 0.15) is 5.54 Å². The Kier molecular flexibility index (Phi) is 4.98. The first-order valence-corrected chi connectivity index (χ1v) is 9.04. The molecule has 1 saturated carbocycles. The van der Waals surface area contributed by atoms with Gasteiger partial charge in [0.2, 0.25) is 5.91 Å². The van der Waals surface area contributed by atoms with Crippen molar-refractivity contribution in [3.8, 4) is 6.07 Å². The van der Waals surface area contributed by atoms with Crippen molar-refractivity contribution in [2.24, 2.45) is 5.92 Å². The molecule has 0 unspecified atom stereocenters. The van der Waals surface area contributed by atoms with E-state index in [0.717, 1.165) is 18.4 Å². The molecule has 0 saturated heterocycles. The molecule has 0 radical (unpaired) electrons. The van der Waals surface area contributed by atoms with E-state index in [0.29, 0.717) is 0 Å². The van der Waals surface area contributed by atoms with Gasteiger partial charge in [-0.2, -0.15) is 5.26 Å². The third kappa shape index (κ3) is 3.84. The molecule has 1 heterocycles. The topological polar surface area (TPSA) is 64.9 Å². The van der Waals surface area contributed by atoms with Gasteiger partial charge in [0.15, 0.2) is 0 Å². The van der Waals surface area contributed by atoms with E-state index in [4.69, 9.17) is 0 Å². The van der Waals surface area contributed by atoms with Crippen molar-refractivity contribution in [1.82, 2.24) is 10.6 Å². The largest absolute Gasteiger partial charge is 0.337 e. The molecular formula is C19H21N3OS. The monoisotopic (exact) mass is 339 g/mol. The number of nitriles is 1. The Hall–Kier alpha value is -2.16. The molecule has 0 aliphatic heterocycles. The molecular weight excluding hydrogens is 318 g/mol. The lowest BCUT2D eigenvalue weighted by Gasteiger charge is -2.24. The summed E-state index contributed by atoms with van der Waals surface area (Å²) in [6, 6.07) is 16.4. The number of nitrogens with zero attached hydrogens (tertiary/aromatic N) is 1. The number of benzene rings is 1. The zero-order valence-electron chi connectivity index (χ0n) is 13.7. The maximum atomic E-state index is 12.3. The molecule has 5 heteroatoms. The highest BCUT2D eigenvalue weighted by Crippen LogP contribution is 2.39. The summed E-state index contributed by atoms with van der Waals surface area (Å²) in [5.41, 5.74) is 0.377. The predicted octanol–water partition coefficient (Wildman–Crippen LogP) is 3.24. The molecule has 0 spiro atoms. The van der Waals surface area contributed by atoms with Gasteiger partial charge in [0, 0.05) is 4.88 Å². The first kappa shape index (κ1) is 16.7. The van der Waals surface area contributed by atoms with Gasteiger partial charge in [0.05, 0.1) is 18.7 Å². The van der Waals surface area contributed by atoms with Gasteiger partial charge in [-0.05, 0) is 42.7 Å². The number of hydrogen-bond acceptors (Lipinski definition) is 4. The minimum absolute atomic E-state index is 0.0220. The number of rotatable bonds is 7. The average Bonchev–Trinajstić information content (AvgIpc) is 3.33. The van der Waals surface area contributed by atoms with Crippen LogP contribution in [0.4, 0.5) is 0 Å². The minimum Gasteiger partial charge on any atom is -0.337 e. The molecule has 2 atom stereocenters. The van der Waals surface area contributed by atoms with Crippen molar-refractivity contribution in [1.29, 1.82) is 5.26 Å². The van der Waals surface area contributed by atoms with Crippen LogP contribution in [0.1, 0.15) is 36.2 Å². The summed E-state index contributed by atoms with van der Waals surface area (Å²) in [5.74, 6) is 0.150. The van der Waals surface area contributed by atoms with E-state index < -0.39 is 5.54 Å². The van der Waals surface area contributed by atoms with Crippen LogP contribution < -0.4 is 10.6 Å². The quantitative estimate of drug-likeness (QED) is 0.814. The summed E-state index contributed by atoms with van der Waals surface area (Å²) < 4.78 is 0. The lowest BCUT2D eigenvalue weighted by molar-refractivity contribution is -0.121. The second-order valence-electron chi connectivity index (χ2n) is 6.38. The van der Waals surface area contributed by atoms with Crippen LogP contribution in [0.5, 0.6) is 0 Å². The van der Waals surface area contributed by atoms with Gasteiger partial charge in [-0.15, -0.1) is 11.3 Å². The fourth-order valence-electron chi connectivity index (χ4n) is 2.89. The Morgan fingerprint density at radius 2 is 2.08 bits per heavy atom. The highest BCUT2D eigenvalue weighted by Gasteiger charge is 2.42. The molecule has 1 amide bonds. The molecule has 1 fully saturated rings. The van der Waals surface area contributed by atoms with Crippen LogP contribution in [0.25, 0.3) is 0 Å². The second kappa shape index (κ2) is 7.16. The third-order valence-electron chi connectivity index (χ3n) is 4.45. The van der Waals surface area contributed by atoms with Gasteiger partial charge in [-0.25, -0.2) is 0 Å². The molecule has 2 N–H and O–H groups in total. The van der Waals surface area contributed by atoms with E-state index in [1.165, 1.54) is 4.88 Å². The summed E-state index contributed by atoms with van der Waals surface area (Å²) in [7, 11) is 0. The van der Waals surface area contributed by atoms with E-state index in [9.17, 15) is 10.1 Å². The summed E-state index contributed by atoms with van der Waals surface area (Å²) in [5, 5.41) is 17.6. The zero-order valence-corrected chi connectivity index (χ0v) is 14.5. The Balaban J connectivity index is 1.66. The van der Waals surface area contributed by atoms with E-state index >= 15 is 0 Å². The molecule has 0 bridgehead atoms. The van der Waals surface area contributed by atoms with Crippen molar-refractivity contribution in [2.75, 3.05) is 6.54 Å². The molecule has 4 nitrogen and oxygen atoms in total. The van der Waals surface area contributed by atoms with Crippen LogP contribution >= 0.6 is 11.3 Å². The number of carbonyl (C=O) groups excluding carboxylic acids is 1. The Morgan fingerprint density at radius 1 is 1.33 bits per heavy atom. The highest BCUT2D eigenvalue weighted by atomic mass is 32.1. The third-order valence-corrected chi connectivity index (χ3v) is 5.39. The number of carbonyl (C=O) groups is 1. The van der Waals surface area contributed by atoms with Crippen LogP contribution in [0.2, 0.25) is 0 Å². The Morgan fingerprint density at radius 3 is 2.67 bits per heavy atom. The van der Waals surface area contributed by atoms with Crippen LogP contribution in [-0.4, -0.2) is 18.0 Å². The molecule has 2 aromatic rings. The molecule has 124 valence electrons. The maximum absolute atomic E-state index is 12.3. The molecule has 1 aromatic carbocycles. The van der Waals surface area contributed by atoms with Gasteiger partial charge >= 0.3 is 0 Å².